The van der Waals surface area contributed by atoms with Gasteiger partial charge in [-0.2, -0.15) is 0 Å². The maximum Gasteiger partial charge on any atom is 0.289 e. The maximum atomic E-state index is 12.4. The number of benzene rings is 2. The molecule has 2 aromatic rings. The standard InChI is InChI=1S/C19H18N2O4S/c22-17(11-25-16-6-5-13-3-1-2-4-14(13)9-16)20-8-7-15(10-20)21-18(23)12-26-19(21)24/h1-6,9,15H,7-8,10-12H2. The molecule has 0 aromatic heterocycles. The molecule has 134 valence electrons. The first-order valence-corrected chi connectivity index (χ1v) is 9.48. The van der Waals surface area contributed by atoms with Crippen LogP contribution in [-0.4, -0.2) is 58.3 Å². The molecule has 2 saturated heterocycles. The van der Waals surface area contributed by atoms with Crippen LogP contribution < -0.4 is 4.74 Å². The summed E-state index contributed by atoms with van der Waals surface area (Å²) in [7, 11) is 0. The molecule has 0 spiro atoms. The van der Waals surface area contributed by atoms with Gasteiger partial charge in [-0.3, -0.25) is 19.3 Å². The lowest BCUT2D eigenvalue weighted by molar-refractivity contribution is -0.133. The molecule has 0 bridgehead atoms. The van der Waals surface area contributed by atoms with E-state index in [2.05, 4.69) is 0 Å². The summed E-state index contributed by atoms with van der Waals surface area (Å²) in [5.74, 6) is 0.558. The molecule has 2 aromatic carbocycles. The van der Waals surface area contributed by atoms with E-state index in [1.54, 1.807) is 4.90 Å². The molecule has 1 unspecified atom stereocenters. The Hall–Kier alpha value is -2.54. The van der Waals surface area contributed by atoms with Gasteiger partial charge < -0.3 is 9.64 Å². The number of thioether (sulfide) groups is 1. The lowest BCUT2D eigenvalue weighted by Gasteiger charge is -2.22. The minimum absolute atomic E-state index is 0.0539. The highest BCUT2D eigenvalue weighted by Crippen LogP contribution is 2.26. The lowest BCUT2D eigenvalue weighted by atomic mass is 10.1. The molecule has 4 rings (SSSR count). The highest BCUT2D eigenvalue weighted by Gasteiger charge is 2.40. The molecule has 2 fully saturated rings. The predicted octanol–water partition coefficient (Wildman–Crippen LogP) is 2.51. The molecular weight excluding hydrogens is 352 g/mol. The zero-order valence-electron chi connectivity index (χ0n) is 14.1. The third kappa shape index (κ3) is 3.26. The predicted molar refractivity (Wildman–Crippen MR) is 99.1 cm³/mol. The van der Waals surface area contributed by atoms with Crippen LogP contribution in [0.1, 0.15) is 6.42 Å². The normalized spacial score (nSPS) is 20.2. The van der Waals surface area contributed by atoms with Crippen molar-refractivity contribution in [2.75, 3.05) is 25.4 Å². The number of imide groups is 1. The summed E-state index contributed by atoms with van der Waals surface area (Å²) in [6, 6.07) is 13.5. The average molecular weight is 370 g/mol. The lowest BCUT2D eigenvalue weighted by Crippen LogP contribution is -2.42. The second-order valence-electron chi connectivity index (χ2n) is 6.40. The number of amides is 3. The molecular formula is C19H18N2O4S. The van der Waals surface area contributed by atoms with E-state index < -0.39 is 0 Å². The molecule has 0 N–H and O–H groups in total. The van der Waals surface area contributed by atoms with Crippen LogP contribution in [0.15, 0.2) is 42.5 Å². The molecule has 7 heteroatoms. The van der Waals surface area contributed by atoms with Gasteiger partial charge >= 0.3 is 0 Å². The van der Waals surface area contributed by atoms with E-state index in [1.165, 1.54) is 4.90 Å². The molecule has 2 aliphatic rings. The topological polar surface area (TPSA) is 66.9 Å². The van der Waals surface area contributed by atoms with Crippen molar-refractivity contribution in [3.05, 3.63) is 42.5 Å². The monoisotopic (exact) mass is 370 g/mol. The third-order valence-electron chi connectivity index (χ3n) is 4.75. The molecule has 0 radical (unpaired) electrons. The van der Waals surface area contributed by atoms with Crippen molar-refractivity contribution >= 4 is 39.6 Å². The van der Waals surface area contributed by atoms with Gasteiger partial charge in [-0.25, -0.2) is 0 Å². The molecule has 2 aliphatic heterocycles. The first kappa shape index (κ1) is 16.9. The average Bonchev–Trinajstić information content (AvgIpc) is 3.26. The van der Waals surface area contributed by atoms with Crippen LogP contribution in [0.2, 0.25) is 0 Å². The highest BCUT2D eigenvalue weighted by molar-refractivity contribution is 8.14. The highest BCUT2D eigenvalue weighted by atomic mass is 32.2. The van der Waals surface area contributed by atoms with Crippen molar-refractivity contribution in [2.45, 2.75) is 12.5 Å². The van der Waals surface area contributed by atoms with Crippen LogP contribution in [0.5, 0.6) is 5.75 Å². The van der Waals surface area contributed by atoms with Gasteiger partial charge in [0.25, 0.3) is 11.1 Å². The third-order valence-corrected chi connectivity index (χ3v) is 5.58. The summed E-state index contributed by atoms with van der Waals surface area (Å²) >= 11 is 1.03. The van der Waals surface area contributed by atoms with Crippen LogP contribution in [0.4, 0.5) is 4.79 Å². The van der Waals surface area contributed by atoms with Gasteiger partial charge in [0.2, 0.25) is 5.91 Å². The van der Waals surface area contributed by atoms with Gasteiger partial charge in [-0.1, -0.05) is 42.1 Å². The van der Waals surface area contributed by atoms with Crippen LogP contribution in [-0.2, 0) is 9.59 Å². The molecule has 6 nitrogen and oxygen atoms in total. The Morgan fingerprint density at radius 3 is 2.73 bits per heavy atom. The number of likely N-dealkylation sites (tertiary alicyclic amines) is 1. The van der Waals surface area contributed by atoms with Crippen molar-refractivity contribution in [1.82, 2.24) is 9.80 Å². The number of carbonyl (C=O) groups is 3. The van der Waals surface area contributed by atoms with Gasteiger partial charge in [-0.05, 0) is 29.3 Å². The van der Waals surface area contributed by atoms with Crippen molar-refractivity contribution < 1.29 is 19.1 Å². The van der Waals surface area contributed by atoms with Crippen molar-refractivity contribution in [3.63, 3.8) is 0 Å². The summed E-state index contributed by atoms with van der Waals surface area (Å²) in [6.45, 7) is 0.867. The number of carbonyl (C=O) groups excluding carboxylic acids is 3. The van der Waals surface area contributed by atoms with Crippen LogP contribution in [0.3, 0.4) is 0 Å². The number of hydrogen-bond acceptors (Lipinski definition) is 5. The second kappa shape index (κ2) is 6.99. The fourth-order valence-electron chi connectivity index (χ4n) is 3.39. The Labute approximate surface area is 155 Å². The maximum absolute atomic E-state index is 12.4. The van der Waals surface area contributed by atoms with E-state index in [0.29, 0.717) is 25.3 Å². The van der Waals surface area contributed by atoms with Gasteiger partial charge in [0, 0.05) is 13.1 Å². The van der Waals surface area contributed by atoms with E-state index >= 15 is 0 Å². The van der Waals surface area contributed by atoms with Gasteiger partial charge in [0.05, 0.1) is 11.8 Å². The summed E-state index contributed by atoms with van der Waals surface area (Å²) in [6.07, 6.45) is 0.625. The van der Waals surface area contributed by atoms with Crippen LogP contribution >= 0.6 is 11.8 Å². The van der Waals surface area contributed by atoms with E-state index in [9.17, 15) is 14.4 Å². The first-order chi connectivity index (χ1) is 12.6. The van der Waals surface area contributed by atoms with E-state index in [0.717, 1.165) is 22.5 Å². The Bertz CT molecular complexity index is 869. The number of hydrogen-bond donors (Lipinski definition) is 0. The smallest absolute Gasteiger partial charge is 0.289 e. The molecule has 2 heterocycles. The Morgan fingerprint density at radius 1 is 1.15 bits per heavy atom. The Morgan fingerprint density at radius 2 is 1.96 bits per heavy atom. The van der Waals surface area contributed by atoms with Gasteiger partial charge in [0.1, 0.15) is 5.75 Å². The minimum Gasteiger partial charge on any atom is -0.484 e. The largest absolute Gasteiger partial charge is 0.484 e. The van der Waals surface area contributed by atoms with Crippen molar-refractivity contribution in [2.24, 2.45) is 0 Å². The number of nitrogens with zero attached hydrogens (tertiary/aromatic N) is 2. The Kier molecular flexibility index (Phi) is 4.55. The zero-order chi connectivity index (χ0) is 18.1. The van der Waals surface area contributed by atoms with Gasteiger partial charge in [0.15, 0.2) is 6.61 Å². The van der Waals surface area contributed by atoms with Gasteiger partial charge in [-0.15, -0.1) is 0 Å². The fourth-order valence-corrected chi connectivity index (χ4v) is 4.17. The first-order valence-electron chi connectivity index (χ1n) is 8.50. The molecule has 26 heavy (non-hydrogen) atoms. The van der Waals surface area contributed by atoms with Crippen molar-refractivity contribution in [3.8, 4) is 5.75 Å². The molecule has 0 saturated carbocycles. The van der Waals surface area contributed by atoms with Crippen LogP contribution in [0.25, 0.3) is 10.8 Å². The number of rotatable bonds is 4. The number of ether oxygens (including phenoxy) is 1. The summed E-state index contributed by atoms with van der Waals surface area (Å²) in [4.78, 5) is 39.0. The quantitative estimate of drug-likeness (QED) is 0.827. The summed E-state index contributed by atoms with van der Waals surface area (Å²) < 4.78 is 5.65. The summed E-state index contributed by atoms with van der Waals surface area (Å²) in [5, 5.41) is 1.97. The van der Waals surface area contributed by atoms with Crippen LogP contribution in [0, 0.1) is 0 Å². The van der Waals surface area contributed by atoms with E-state index in [-0.39, 0.29) is 35.5 Å². The summed E-state index contributed by atoms with van der Waals surface area (Å²) in [5.41, 5.74) is 0. The second-order valence-corrected chi connectivity index (χ2v) is 7.32. The Balaban J connectivity index is 1.35. The molecule has 0 aliphatic carbocycles. The SMILES string of the molecule is O=C(COc1ccc2ccccc2c1)N1CCC(N2C(=O)CSC2=O)C1. The van der Waals surface area contributed by atoms with Crippen molar-refractivity contribution in [1.29, 1.82) is 0 Å². The molecule has 3 amide bonds. The molecule has 1 atom stereocenters. The zero-order valence-corrected chi connectivity index (χ0v) is 14.9. The van der Waals surface area contributed by atoms with E-state index in [1.807, 2.05) is 42.5 Å². The number of fused-ring (bicyclic) bond motifs is 1. The fraction of sp³-hybridized carbons (Fsp3) is 0.316. The van der Waals surface area contributed by atoms with E-state index in [4.69, 9.17) is 4.74 Å². The minimum atomic E-state index is -0.213.